The monoisotopic (exact) mass is 553 g/mol. The number of aryl methyl sites for hydroxylation is 2. The highest BCUT2D eigenvalue weighted by atomic mass is 32.2. The van der Waals surface area contributed by atoms with Gasteiger partial charge in [0.25, 0.3) is 11.1 Å². The third-order valence-corrected chi connectivity index (χ3v) is 7.55. The third-order valence-electron chi connectivity index (χ3n) is 6.64. The number of benzene rings is 3. The molecule has 0 spiro atoms. The van der Waals surface area contributed by atoms with Crippen LogP contribution in [-0.4, -0.2) is 46.1 Å². The van der Waals surface area contributed by atoms with Crippen molar-refractivity contribution in [2.75, 3.05) is 19.0 Å². The standard InChI is InChI=1S/C31H27N3O5S/c1-19-11-12-25(20(2)13-19)32-28(35)18-34-29(36)27(40-31(34)38)15-23-17-33(26-10-5-4-9-24(23)26)16-21-7-6-8-22(14-21)30(37)39-3/h4-15,17H,16,18H2,1-3H3,(H,32,35)/b27-15-. The molecular weight excluding hydrogens is 526 g/mol. The van der Waals surface area contributed by atoms with Crippen molar-refractivity contribution in [2.24, 2.45) is 0 Å². The average molecular weight is 554 g/mol. The lowest BCUT2D eigenvalue weighted by molar-refractivity contribution is -0.127. The number of nitrogens with one attached hydrogen (secondary N) is 1. The molecule has 1 N–H and O–H groups in total. The molecule has 1 aliphatic rings. The molecule has 0 aliphatic carbocycles. The Kier molecular flexibility index (Phi) is 7.57. The molecule has 4 aromatic rings. The molecule has 1 saturated heterocycles. The van der Waals surface area contributed by atoms with Crippen LogP contribution in [0.5, 0.6) is 0 Å². The number of ether oxygens (including phenoxy) is 1. The van der Waals surface area contributed by atoms with Crippen LogP contribution >= 0.6 is 11.8 Å². The van der Waals surface area contributed by atoms with E-state index in [4.69, 9.17) is 4.74 Å². The SMILES string of the molecule is COC(=O)c1cccc(Cn2cc(/C=C3\SC(=O)N(CC(=O)Nc4ccc(C)cc4C)C3=O)c3ccccc32)c1. The predicted molar refractivity (Wildman–Crippen MR) is 156 cm³/mol. The fourth-order valence-electron chi connectivity index (χ4n) is 4.70. The Hall–Kier alpha value is -4.63. The summed E-state index contributed by atoms with van der Waals surface area (Å²) in [5.41, 5.74) is 5.69. The molecule has 2 heterocycles. The highest BCUT2D eigenvalue weighted by Gasteiger charge is 2.36. The van der Waals surface area contributed by atoms with Gasteiger partial charge >= 0.3 is 5.97 Å². The number of carbonyl (C=O) groups excluding carboxylic acids is 4. The lowest BCUT2D eigenvalue weighted by Gasteiger charge is -2.14. The van der Waals surface area contributed by atoms with Crippen molar-refractivity contribution in [2.45, 2.75) is 20.4 Å². The molecule has 1 fully saturated rings. The Bertz CT molecular complexity index is 1700. The van der Waals surface area contributed by atoms with Gasteiger partial charge in [0.05, 0.1) is 17.6 Å². The van der Waals surface area contributed by atoms with Crippen molar-refractivity contribution in [3.8, 4) is 0 Å². The summed E-state index contributed by atoms with van der Waals surface area (Å²) < 4.78 is 6.86. The van der Waals surface area contributed by atoms with Gasteiger partial charge < -0.3 is 14.6 Å². The van der Waals surface area contributed by atoms with E-state index in [1.54, 1.807) is 30.3 Å². The Labute approximate surface area is 235 Å². The first-order valence-electron chi connectivity index (χ1n) is 12.6. The van der Waals surface area contributed by atoms with Crippen LogP contribution in [0.4, 0.5) is 10.5 Å². The normalized spacial score (nSPS) is 14.3. The van der Waals surface area contributed by atoms with Crippen LogP contribution < -0.4 is 5.32 Å². The van der Waals surface area contributed by atoms with E-state index >= 15 is 0 Å². The number of anilines is 1. The first kappa shape index (κ1) is 27.0. The summed E-state index contributed by atoms with van der Waals surface area (Å²) in [5.74, 6) is -1.35. The van der Waals surface area contributed by atoms with Gasteiger partial charge in [-0.3, -0.25) is 19.3 Å². The fraction of sp³-hybridized carbons (Fsp3) is 0.161. The zero-order valence-electron chi connectivity index (χ0n) is 22.3. The first-order valence-corrected chi connectivity index (χ1v) is 13.4. The van der Waals surface area contributed by atoms with Gasteiger partial charge in [0.1, 0.15) is 6.54 Å². The predicted octanol–water partition coefficient (Wildman–Crippen LogP) is 5.77. The minimum Gasteiger partial charge on any atom is -0.465 e. The Balaban J connectivity index is 1.37. The lowest BCUT2D eigenvalue weighted by atomic mass is 10.1. The van der Waals surface area contributed by atoms with Gasteiger partial charge in [0.2, 0.25) is 5.91 Å². The van der Waals surface area contributed by atoms with Crippen molar-refractivity contribution < 1.29 is 23.9 Å². The molecule has 0 atom stereocenters. The van der Waals surface area contributed by atoms with Gasteiger partial charge in [-0.05, 0) is 67.1 Å². The molecule has 5 rings (SSSR count). The van der Waals surface area contributed by atoms with E-state index in [0.29, 0.717) is 17.8 Å². The van der Waals surface area contributed by atoms with E-state index in [-0.39, 0.29) is 11.4 Å². The maximum Gasteiger partial charge on any atom is 0.337 e. The molecule has 0 saturated carbocycles. The Morgan fingerprint density at radius 2 is 1.80 bits per heavy atom. The second kappa shape index (κ2) is 11.2. The number of thioether (sulfide) groups is 1. The minimum absolute atomic E-state index is 0.250. The van der Waals surface area contributed by atoms with E-state index in [9.17, 15) is 19.2 Å². The highest BCUT2D eigenvalue weighted by molar-refractivity contribution is 8.18. The van der Waals surface area contributed by atoms with Gasteiger partial charge in [-0.25, -0.2) is 4.79 Å². The number of carbonyl (C=O) groups is 4. The molecule has 1 aliphatic heterocycles. The molecule has 8 nitrogen and oxygen atoms in total. The molecule has 3 amide bonds. The summed E-state index contributed by atoms with van der Waals surface area (Å²) >= 11 is 0.817. The average Bonchev–Trinajstić information content (AvgIpc) is 3.41. The van der Waals surface area contributed by atoms with Gasteiger partial charge in [0, 0.05) is 34.9 Å². The molecule has 1 aromatic heterocycles. The molecule has 9 heteroatoms. The van der Waals surface area contributed by atoms with Crippen molar-refractivity contribution in [1.82, 2.24) is 9.47 Å². The molecule has 3 aromatic carbocycles. The molecule has 202 valence electrons. The van der Waals surface area contributed by atoms with Crippen molar-refractivity contribution in [1.29, 1.82) is 0 Å². The second-order valence-corrected chi connectivity index (χ2v) is 10.5. The Morgan fingerprint density at radius 3 is 2.58 bits per heavy atom. The van der Waals surface area contributed by atoms with Gasteiger partial charge in [-0.1, -0.05) is 48.0 Å². The minimum atomic E-state index is -0.506. The van der Waals surface area contributed by atoms with Crippen LogP contribution in [0.25, 0.3) is 17.0 Å². The van der Waals surface area contributed by atoms with Gasteiger partial charge in [0.15, 0.2) is 0 Å². The number of amides is 3. The van der Waals surface area contributed by atoms with Gasteiger partial charge in [-0.2, -0.15) is 0 Å². The number of nitrogens with zero attached hydrogens (tertiary/aromatic N) is 2. The van der Waals surface area contributed by atoms with Crippen molar-refractivity contribution in [3.63, 3.8) is 0 Å². The summed E-state index contributed by atoms with van der Waals surface area (Å²) in [4.78, 5) is 51.7. The van der Waals surface area contributed by atoms with E-state index in [2.05, 4.69) is 5.32 Å². The number of fused-ring (bicyclic) bond motifs is 1. The van der Waals surface area contributed by atoms with Crippen LogP contribution in [0.3, 0.4) is 0 Å². The quantitative estimate of drug-likeness (QED) is 0.231. The largest absolute Gasteiger partial charge is 0.465 e. The smallest absolute Gasteiger partial charge is 0.337 e. The molecular formula is C31H27N3O5S. The van der Waals surface area contributed by atoms with Crippen molar-refractivity contribution in [3.05, 3.63) is 106 Å². The third kappa shape index (κ3) is 5.55. The number of hydrogen-bond acceptors (Lipinski definition) is 6. The zero-order chi connectivity index (χ0) is 28.4. The molecule has 0 unspecified atom stereocenters. The first-order chi connectivity index (χ1) is 19.2. The summed E-state index contributed by atoms with van der Waals surface area (Å²) in [7, 11) is 1.35. The second-order valence-electron chi connectivity index (χ2n) is 9.56. The van der Waals surface area contributed by atoms with E-state index in [1.165, 1.54) is 7.11 Å². The Morgan fingerprint density at radius 1 is 1.00 bits per heavy atom. The fourth-order valence-corrected chi connectivity index (χ4v) is 5.53. The maximum atomic E-state index is 13.2. The van der Waals surface area contributed by atoms with Gasteiger partial charge in [-0.15, -0.1) is 0 Å². The van der Waals surface area contributed by atoms with E-state index < -0.39 is 23.0 Å². The van der Waals surface area contributed by atoms with E-state index in [0.717, 1.165) is 49.8 Å². The zero-order valence-corrected chi connectivity index (χ0v) is 23.1. The number of esters is 1. The summed E-state index contributed by atoms with van der Waals surface area (Å²) in [6, 6.07) is 20.6. The molecule has 0 bridgehead atoms. The molecule has 0 radical (unpaired) electrons. The highest BCUT2D eigenvalue weighted by Crippen LogP contribution is 2.34. The van der Waals surface area contributed by atoms with Crippen LogP contribution in [0.15, 0.2) is 77.8 Å². The summed E-state index contributed by atoms with van der Waals surface area (Å²) in [6.45, 7) is 3.97. The van der Waals surface area contributed by atoms with Crippen molar-refractivity contribution >= 4 is 57.5 Å². The maximum absolute atomic E-state index is 13.2. The van der Waals surface area contributed by atoms with Crippen LogP contribution in [-0.2, 0) is 20.9 Å². The topological polar surface area (TPSA) is 97.7 Å². The lowest BCUT2D eigenvalue weighted by Crippen LogP contribution is -2.36. The van der Waals surface area contributed by atoms with Crippen LogP contribution in [0, 0.1) is 13.8 Å². The number of hydrogen-bond donors (Lipinski definition) is 1. The number of methoxy groups -OCH3 is 1. The number of aromatic nitrogens is 1. The van der Waals surface area contributed by atoms with Crippen LogP contribution in [0.1, 0.15) is 32.6 Å². The number of para-hydroxylation sites is 1. The number of imide groups is 1. The summed E-state index contributed by atoms with van der Waals surface area (Å²) in [5, 5.41) is 3.21. The van der Waals surface area contributed by atoms with Crippen LogP contribution in [0.2, 0.25) is 0 Å². The van der Waals surface area contributed by atoms with E-state index in [1.807, 2.05) is 67.1 Å². The summed E-state index contributed by atoms with van der Waals surface area (Å²) in [6.07, 6.45) is 3.60. The molecule has 40 heavy (non-hydrogen) atoms. The number of rotatable bonds is 7.